The lowest BCUT2D eigenvalue weighted by molar-refractivity contribution is 0.265. The standard InChI is InChI=1S/C8H12N4OS/c13-10-7-11-2-4-12(5-3-11)8-9-1-6-14-8/h1,6H,2-5,7H2. The van der Waals surface area contributed by atoms with Gasteiger partial charge in [0, 0.05) is 37.8 Å². The first-order valence-corrected chi connectivity index (χ1v) is 5.44. The van der Waals surface area contributed by atoms with Gasteiger partial charge in [-0.3, -0.25) is 4.90 Å². The van der Waals surface area contributed by atoms with Crippen LogP contribution in [0.15, 0.2) is 16.8 Å². The molecule has 0 bridgehead atoms. The van der Waals surface area contributed by atoms with E-state index in [1.54, 1.807) is 11.3 Å². The summed E-state index contributed by atoms with van der Waals surface area (Å²) in [6.45, 7) is 3.97. The maximum Gasteiger partial charge on any atom is 0.185 e. The Morgan fingerprint density at radius 3 is 2.79 bits per heavy atom. The monoisotopic (exact) mass is 212 g/mol. The van der Waals surface area contributed by atoms with E-state index in [4.69, 9.17) is 0 Å². The van der Waals surface area contributed by atoms with Crippen LogP contribution in [0.25, 0.3) is 0 Å². The molecule has 1 saturated heterocycles. The average molecular weight is 212 g/mol. The smallest absolute Gasteiger partial charge is 0.185 e. The van der Waals surface area contributed by atoms with E-state index in [0.29, 0.717) is 6.67 Å². The summed E-state index contributed by atoms with van der Waals surface area (Å²) in [7, 11) is 0. The van der Waals surface area contributed by atoms with Crippen LogP contribution in [0.3, 0.4) is 0 Å². The van der Waals surface area contributed by atoms with Gasteiger partial charge < -0.3 is 4.90 Å². The van der Waals surface area contributed by atoms with Crippen molar-refractivity contribution in [3.05, 3.63) is 16.5 Å². The third-order valence-corrected chi connectivity index (χ3v) is 3.15. The highest BCUT2D eigenvalue weighted by Gasteiger charge is 2.17. The van der Waals surface area contributed by atoms with Crippen LogP contribution in [0.1, 0.15) is 0 Å². The third-order valence-electron chi connectivity index (χ3n) is 2.32. The summed E-state index contributed by atoms with van der Waals surface area (Å²) in [6, 6.07) is 0. The van der Waals surface area contributed by atoms with Crippen molar-refractivity contribution >= 4 is 16.5 Å². The van der Waals surface area contributed by atoms with Crippen LogP contribution in [0.5, 0.6) is 0 Å². The van der Waals surface area contributed by atoms with Crippen LogP contribution < -0.4 is 4.90 Å². The summed E-state index contributed by atoms with van der Waals surface area (Å²) in [5.41, 5.74) is 0. The van der Waals surface area contributed by atoms with Crippen LogP contribution in [0.2, 0.25) is 0 Å². The molecule has 1 aromatic heterocycles. The fourth-order valence-electron chi connectivity index (χ4n) is 1.53. The van der Waals surface area contributed by atoms with E-state index in [1.807, 2.05) is 11.6 Å². The zero-order valence-corrected chi connectivity index (χ0v) is 8.61. The second-order valence-corrected chi connectivity index (χ2v) is 4.06. The van der Waals surface area contributed by atoms with Crippen molar-refractivity contribution in [3.8, 4) is 0 Å². The molecule has 76 valence electrons. The Balaban J connectivity index is 1.87. The molecule has 1 aromatic rings. The molecule has 0 atom stereocenters. The summed E-state index contributed by atoms with van der Waals surface area (Å²) >= 11 is 1.66. The van der Waals surface area contributed by atoms with Crippen LogP contribution >= 0.6 is 11.3 Å². The largest absolute Gasteiger partial charge is 0.346 e. The molecule has 0 aromatic carbocycles. The van der Waals surface area contributed by atoms with Gasteiger partial charge in [0.05, 0.1) is 0 Å². The molecule has 2 rings (SSSR count). The Bertz CT molecular complexity index is 282. The predicted molar refractivity (Wildman–Crippen MR) is 56.6 cm³/mol. The highest BCUT2D eigenvalue weighted by molar-refractivity contribution is 7.13. The fraction of sp³-hybridized carbons (Fsp3) is 0.625. The predicted octanol–water partition coefficient (Wildman–Crippen LogP) is 0.989. The summed E-state index contributed by atoms with van der Waals surface area (Å²) in [6.07, 6.45) is 1.82. The topological polar surface area (TPSA) is 48.8 Å². The number of hydrogen-bond acceptors (Lipinski definition) is 6. The molecule has 0 N–H and O–H groups in total. The van der Waals surface area contributed by atoms with Crippen molar-refractivity contribution in [3.63, 3.8) is 0 Å². The summed E-state index contributed by atoms with van der Waals surface area (Å²) in [4.78, 5) is 18.6. The van der Waals surface area contributed by atoms with Gasteiger partial charge in [0.15, 0.2) is 5.13 Å². The minimum absolute atomic E-state index is 0.311. The maximum absolute atomic E-state index is 10.1. The fourth-order valence-corrected chi connectivity index (χ4v) is 2.23. The van der Waals surface area contributed by atoms with Gasteiger partial charge >= 0.3 is 0 Å². The number of rotatable bonds is 3. The SMILES string of the molecule is O=NCN1CCN(c2nccs2)CC1. The second kappa shape index (κ2) is 4.47. The third kappa shape index (κ3) is 2.08. The van der Waals surface area contributed by atoms with Gasteiger partial charge in [-0.25, -0.2) is 4.98 Å². The maximum atomic E-state index is 10.1. The molecule has 5 nitrogen and oxygen atoms in total. The molecule has 1 aliphatic rings. The number of piperazine rings is 1. The van der Waals surface area contributed by atoms with Crippen LogP contribution in [-0.4, -0.2) is 42.7 Å². The summed E-state index contributed by atoms with van der Waals surface area (Å²) in [5.74, 6) is 0. The number of hydrogen-bond donors (Lipinski definition) is 0. The molecule has 14 heavy (non-hydrogen) atoms. The van der Waals surface area contributed by atoms with Gasteiger partial charge in [-0.05, 0) is 0 Å². The second-order valence-electron chi connectivity index (χ2n) is 3.19. The number of nitroso groups, excluding NO2 is 1. The van der Waals surface area contributed by atoms with Gasteiger partial charge in [0.2, 0.25) is 0 Å². The number of thiazole rings is 1. The first kappa shape index (κ1) is 9.54. The number of nitrogens with zero attached hydrogens (tertiary/aromatic N) is 4. The zero-order valence-electron chi connectivity index (χ0n) is 7.80. The zero-order chi connectivity index (χ0) is 9.80. The van der Waals surface area contributed by atoms with Crippen LogP contribution in [0.4, 0.5) is 5.13 Å². The Morgan fingerprint density at radius 1 is 1.43 bits per heavy atom. The average Bonchev–Trinajstić information content (AvgIpc) is 2.72. The lowest BCUT2D eigenvalue weighted by atomic mass is 10.3. The highest BCUT2D eigenvalue weighted by atomic mass is 32.1. The number of aromatic nitrogens is 1. The Morgan fingerprint density at radius 2 is 2.21 bits per heavy atom. The minimum Gasteiger partial charge on any atom is -0.346 e. The van der Waals surface area contributed by atoms with E-state index in [9.17, 15) is 4.91 Å². The molecular formula is C8H12N4OS. The molecule has 0 spiro atoms. The van der Waals surface area contributed by atoms with Gasteiger partial charge in [-0.1, -0.05) is 5.18 Å². The molecule has 0 radical (unpaired) electrons. The van der Waals surface area contributed by atoms with Gasteiger partial charge in [-0.15, -0.1) is 16.2 Å². The Kier molecular flexibility index (Phi) is 3.05. The first-order chi connectivity index (χ1) is 6.90. The molecule has 6 heteroatoms. The van der Waals surface area contributed by atoms with E-state index in [0.717, 1.165) is 31.3 Å². The van der Waals surface area contributed by atoms with Crippen LogP contribution in [0, 0.1) is 4.91 Å². The van der Waals surface area contributed by atoms with E-state index in [2.05, 4.69) is 20.0 Å². The quantitative estimate of drug-likeness (QED) is 0.701. The van der Waals surface area contributed by atoms with Crippen molar-refractivity contribution in [2.75, 3.05) is 37.7 Å². The molecule has 0 amide bonds. The molecule has 0 aliphatic carbocycles. The van der Waals surface area contributed by atoms with Gasteiger partial charge in [0.1, 0.15) is 6.67 Å². The van der Waals surface area contributed by atoms with Gasteiger partial charge in [0.25, 0.3) is 0 Å². The molecular weight excluding hydrogens is 200 g/mol. The minimum atomic E-state index is 0.311. The van der Waals surface area contributed by atoms with E-state index >= 15 is 0 Å². The summed E-state index contributed by atoms with van der Waals surface area (Å²) < 4.78 is 0. The summed E-state index contributed by atoms with van der Waals surface area (Å²) in [5, 5.41) is 5.95. The molecule has 0 saturated carbocycles. The molecule has 1 fully saturated rings. The normalized spacial score (nSPS) is 18.4. The molecule has 0 unspecified atom stereocenters. The Hall–Kier alpha value is -1.01. The first-order valence-electron chi connectivity index (χ1n) is 4.56. The van der Waals surface area contributed by atoms with Crippen molar-refractivity contribution in [2.45, 2.75) is 0 Å². The van der Waals surface area contributed by atoms with Gasteiger partial charge in [-0.2, -0.15) is 0 Å². The van der Waals surface area contributed by atoms with Crippen molar-refractivity contribution in [2.24, 2.45) is 5.18 Å². The Labute approximate surface area is 86.3 Å². The number of anilines is 1. The van der Waals surface area contributed by atoms with E-state index in [-0.39, 0.29) is 0 Å². The lowest BCUT2D eigenvalue weighted by Crippen LogP contribution is -2.46. The highest BCUT2D eigenvalue weighted by Crippen LogP contribution is 2.18. The van der Waals surface area contributed by atoms with Crippen molar-refractivity contribution in [1.29, 1.82) is 0 Å². The van der Waals surface area contributed by atoms with Crippen molar-refractivity contribution in [1.82, 2.24) is 9.88 Å². The van der Waals surface area contributed by atoms with Crippen molar-refractivity contribution < 1.29 is 0 Å². The van der Waals surface area contributed by atoms with Crippen LogP contribution in [-0.2, 0) is 0 Å². The molecule has 1 aliphatic heterocycles. The lowest BCUT2D eigenvalue weighted by Gasteiger charge is -2.32. The van der Waals surface area contributed by atoms with E-state index in [1.165, 1.54) is 0 Å². The molecule has 2 heterocycles. The van der Waals surface area contributed by atoms with E-state index < -0.39 is 0 Å².